The molecule has 0 aromatic heterocycles. The summed E-state index contributed by atoms with van der Waals surface area (Å²) in [6, 6.07) is 0. The SMILES string of the molecule is CC(C)CCN(CCO)CS(=O)(=O)O. The van der Waals surface area contributed by atoms with Gasteiger partial charge in [-0.05, 0) is 18.9 Å². The van der Waals surface area contributed by atoms with E-state index in [9.17, 15) is 8.42 Å². The van der Waals surface area contributed by atoms with Crippen LogP contribution in [0.3, 0.4) is 0 Å². The van der Waals surface area contributed by atoms with E-state index in [-0.39, 0.29) is 13.2 Å². The first kappa shape index (κ1) is 13.8. The third-order valence-electron chi connectivity index (χ3n) is 1.78. The highest BCUT2D eigenvalue weighted by Gasteiger charge is 2.13. The third kappa shape index (κ3) is 8.43. The maximum Gasteiger partial charge on any atom is 0.278 e. The summed E-state index contributed by atoms with van der Waals surface area (Å²) in [6.07, 6.45) is 0.843. The van der Waals surface area contributed by atoms with Gasteiger partial charge in [0, 0.05) is 6.54 Å². The summed E-state index contributed by atoms with van der Waals surface area (Å²) >= 11 is 0. The molecule has 5 nitrogen and oxygen atoms in total. The van der Waals surface area contributed by atoms with Crippen molar-refractivity contribution in [1.82, 2.24) is 4.90 Å². The zero-order valence-electron chi connectivity index (χ0n) is 8.68. The summed E-state index contributed by atoms with van der Waals surface area (Å²) in [7, 11) is -3.98. The van der Waals surface area contributed by atoms with E-state index < -0.39 is 16.0 Å². The first-order valence-corrected chi connectivity index (χ1v) is 6.24. The Balaban J connectivity index is 4.02. The van der Waals surface area contributed by atoms with Gasteiger partial charge in [0.2, 0.25) is 0 Å². The number of hydrogen-bond donors (Lipinski definition) is 2. The van der Waals surface area contributed by atoms with Crippen molar-refractivity contribution in [3.05, 3.63) is 0 Å². The summed E-state index contributed by atoms with van der Waals surface area (Å²) in [5.74, 6) is 0.0675. The standard InChI is InChI=1S/C8H19NO4S/c1-8(2)3-4-9(5-6-10)7-14(11,12)13/h8,10H,3-7H2,1-2H3,(H,11,12,13). The van der Waals surface area contributed by atoms with Crippen LogP contribution in [0.2, 0.25) is 0 Å². The molecule has 0 aliphatic carbocycles. The summed E-state index contributed by atoms with van der Waals surface area (Å²) in [5, 5.41) is 8.68. The number of rotatable bonds is 7. The van der Waals surface area contributed by atoms with Crippen molar-refractivity contribution in [2.24, 2.45) is 5.92 Å². The molecule has 0 aliphatic rings. The molecule has 14 heavy (non-hydrogen) atoms. The Bertz CT molecular complexity index is 238. The molecule has 0 amide bonds. The number of nitrogens with zero attached hydrogens (tertiary/aromatic N) is 1. The van der Waals surface area contributed by atoms with E-state index in [2.05, 4.69) is 0 Å². The topological polar surface area (TPSA) is 77.8 Å². The molecule has 0 aliphatic heterocycles. The molecular weight excluding hydrogens is 206 g/mol. The molecule has 0 heterocycles. The highest BCUT2D eigenvalue weighted by Crippen LogP contribution is 2.02. The van der Waals surface area contributed by atoms with E-state index >= 15 is 0 Å². The van der Waals surface area contributed by atoms with Gasteiger partial charge in [-0.2, -0.15) is 8.42 Å². The van der Waals surface area contributed by atoms with Crippen LogP contribution < -0.4 is 0 Å². The average molecular weight is 225 g/mol. The fourth-order valence-electron chi connectivity index (χ4n) is 1.05. The van der Waals surface area contributed by atoms with Gasteiger partial charge in [0.25, 0.3) is 10.1 Å². The van der Waals surface area contributed by atoms with Crippen LogP contribution in [0.5, 0.6) is 0 Å². The van der Waals surface area contributed by atoms with Gasteiger partial charge in [-0.1, -0.05) is 13.8 Å². The van der Waals surface area contributed by atoms with Crippen molar-refractivity contribution in [3.63, 3.8) is 0 Å². The van der Waals surface area contributed by atoms with Crippen molar-refractivity contribution in [1.29, 1.82) is 0 Å². The molecule has 0 radical (unpaired) electrons. The van der Waals surface area contributed by atoms with Gasteiger partial charge in [-0.15, -0.1) is 0 Å². The van der Waals surface area contributed by atoms with Crippen LogP contribution in [0.25, 0.3) is 0 Å². The Labute approximate surface area is 85.5 Å². The lowest BCUT2D eigenvalue weighted by Gasteiger charge is -2.20. The summed E-state index contributed by atoms with van der Waals surface area (Å²) in [6.45, 7) is 4.80. The molecule has 0 fully saturated rings. The van der Waals surface area contributed by atoms with Crippen LogP contribution >= 0.6 is 0 Å². The summed E-state index contributed by atoms with van der Waals surface area (Å²) in [5.41, 5.74) is 0. The Morgan fingerprint density at radius 2 is 1.86 bits per heavy atom. The number of aliphatic hydroxyl groups is 1. The molecule has 0 unspecified atom stereocenters. The van der Waals surface area contributed by atoms with Crippen LogP contribution in [0.4, 0.5) is 0 Å². The summed E-state index contributed by atoms with van der Waals surface area (Å²) < 4.78 is 29.8. The zero-order valence-corrected chi connectivity index (χ0v) is 9.50. The first-order valence-electron chi connectivity index (χ1n) is 4.63. The fourth-order valence-corrected chi connectivity index (χ4v) is 1.77. The maximum absolute atomic E-state index is 10.6. The molecule has 0 saturated carbocycles. The molecule has 0 rings (SSSR count). The third-order valence-corrected chi connectivity index (χ3v) is 2.48. The van der Waals surface area contributed by atoms with Gasteiger partial charge in [0.1, 0.15) is 5.88 Å². The van der Waals surface area contributed by atoms with Crippen LogP contribution in [0.15, 0.2) is 0 Å². The van der Waals surface area contributed by atoms with Gasteiger partial charge in [0.15, 0.2) is 0 Å². The molecule has 0 aromatic carbocycles. The van der Waals surface area contributed by atoms with E-state index in [4.69, 9.17) is 9.66 Å². The number of hydrogen-bond acceptors (Lipinski definition) is 4. The van der Waals surface area contributed by atoms with Crippen LogP contribution in [-0.4, -0.2) is 48.6 Å². The molecule has 0 aromatic rings. The van der Waals surface area contributed by atoms with Gasteiger partial charge in [0.05, 0.1) is 6.61 Å². The second kappa shape index (κ2) is 6.34. The maximum atomic E-state index is 10.6. The lowest BCUT2D eigenvalue weighted by Crippen LogP contribution is -2.33. The largest absolute Gasteiger partial charge is 0.395 e. The Kier molecular flexibility index (Phi) is 6.26. The van der Waals surface area contributed by atoms with E-state index in [1.54, 1.807) is 0 Å². The second-order valence-corrected chi connectivity index (χ2v) is 5.16. The molecule has 0 atom stereocenters. The Morgan fingerprint density at radius 1 is 1.29 bits per heavy atom. The van der Waals surface area contributed by atoms with Crippen molar-refractivity contribution in [2.45, 2.75) is 20.3 Å². The van der Waals surface area contributed by atoms with Crippen molar-refractivity contribution >= 4 is 10.1 Å². The molecule has 0 bridgehead atoms. The first-order chi connectivity index (χ1) is 6.35. The van der Waals surface area contributed by atoms with Crippen molar-refractivity contribution in [2.75, 3.05) is 25.6 Å². The predicted molar refractivity (Wildman–Crippen MR) is 54.5 cm³/mol. The zero-order chi connectivity index (χ0) is 11.2. The van der Waals surface area contributed by atoms with Crippen molar-refractivity contribution in [3.8, 4) is 0 Å². The Morgan fingerprint density at radius 3 is 2.21 bits per heavy atom. The predicted octanol–water partition coefficient (Wildman–Crippen LogP) is 0.172. The smallest absolute Gasteiger partial charge is 0.278 e. The second-order valence-electron chi connectivity index (χ2n) is 3.74. The van der Waals surface area contributed by atoms with Gasteiger partial charge in [-0.3, -0.25) is 9.45 Å². The lowest BCUT2D eigenvalue weighted by atomic mass is 10.1. The highest BCUT2D eigenvalue weighted by atomic mass is 32.2. The lowest BCUT2D eigenvalue weighted by molar-refractivity contribution is 0.205. The molecule has 86 valence electrons. The summed E-state index contributed by atoms with van der Waals surface area (Å²) in [4.78, 5) is 1.52. The number of aliphatic hydroxyl groups excluding tert-OH is 1. The minimum Gasteiger partial charge on any atom is -0.395 e. The quantitative estimate of drug-likeness (QED) is 0.604. The van der Waals surface area contributed by atoms with Gasteiger partial charge in [-0.25, -0.2) is 0 Å². The Hall–Kier alpha value is -0.170. The monoisotopic (exact) mass is 225 g/mol. The minimum atomic E-state index is -3.98. The minimum absolute atomic E-state index is 0.104. The van der Waals surface area contributed by atoms with Gasteiger partial charge < -0.3 is 5.11 Å². The van der Waals surface area contributed by atoms with E-state index in [0.717, 1.165) is 6.42 Å². The van der Waals surface area contributed by atoms with Crippen LogP contribution in [-0.2, 0) is 10.1 Å². The van der Waals surface area contributed by atoms with Crippen molar-refractivity contribution < 1.29 is 18.1 Å². The van der Waals surface area contributed by atoms with Gasteiger partial charge >= 0.3 is 0 Å². The highest BCUT2D eigenvalue weighted by molar-refractivity contribution is 7.85. The van der Waals surface area contributed by atoms with E-state index in [1.807, 2.05) is 13.8 Å². The van der Waals surface area contributed by atoms with E-state index in [1.165, 1.54) is 4.90 Å². The molecule has 6 heteroatoms. The molecular formula is C8H19NO4S. The fraction of sp³-hybridized carbons (Fsp3) is 1.00. The normalized spacial score (nSPS) is 12.7. The average Bonchev–Trinajstić information content (AvgIpc) is 1.98. The molecule has 0 saturated heterocycles. The van der Waals surface area contributed by atoms with Crippen LogP contribution in [0.1, 0.15) is 20.3 Å². The molecule has 2 N–H and O–H groups in total. The van der Waals surface area contributed by atoms with E-state index in [0.29, 0.717) is 12.5 Å². The van der Waals surface area contributed by atoms with Crippen LogP contribution in [0, 0.1) is 5.92 Å². The molecule has 0 spiro atoms.